The van der Waals surface area contributed by atoms with E-state index in [2.05, 4.69) is 23.5 Å². The maximum absolute atomic E-state index is 5.69. The summed E-state index contributed by atoms with van der Waals surface area (Å²) in [7, 11) is 1.68. The van der Waals surface area contributed by atoms with E-state index in [0.29, 0.717) is 5.92 Å². The van der Waals surface area contributed by atoms with Crippen LogP contribution in [0.2, 0.25) is 0 Å². The third kappa shape index (κ3) is 2.72. The fourth-order valence-corrected chi connectivity index (χ4v) is 2.58. The molecule has 1 heterocycles. The zero-order chi connectivity index (χ0) is 13.8. The molecule has 0 fully saturated rings. The number of ether oxygens (including phenoxy) is 2. The fourth-order valence-electron chi connectivity index (χ4n) is 2.58. The SMILES string of the molecule is COc1ccc(NCC2CCOc3ccccc32)cc1. The lowest BCUT2D eigenvalue weighted by atomic mass is 9.93. The van der Waals surface area contributed by atoms with E-state index in [9.17, 15) is 0 Å². The predicted octanol–water partition coefficient (Wildman–Crippen LogP) is 3.67. The number of anilines is 1. The van der Waals surface area contributed by atoms with Crippen LogP contribution in [-0.4, -0.2) is 20.3 Å². The van der Waals surface area contributed by atoms with Crippen LogP contribution >= 0.6 is 0 Å². The van der Waals surface area contributed by atoms with Crippen LogP contribution in [0.4, 0.5) is 5.69 Å². The molecule has 3 rings (SSSR count). The van der Waals surface area contributed by atoms with Gasteiger partial charge in [0.2, 0.25) is 0 Å². The zero-order valence-corrected chi connectivity index (χ0v) is 11.6. The van der Waals surface area contributed by atoms with Gasteiger partial charge in [-0.3, -0.25) is 0 Å². The smallest absolute Gasteiger partial charge is 0.122 e. The number of fused-ring (bicyclic) bond motifs is 1. The minimum absolute atomic E-state index is 0.502. The Kier molecular flexibility index (Phi) is 3.77. The first-order valence-corrected chi connectivity index (χ1v) is 6.96. The predicted molar refractivity (Wildman–Crippen MR) is 80.8 cm³/mol. The van der Waals surface area contributed by atoms with Crippen molar-refractivity contribution in [3.8, 4) is 11.5 Å². The van der Waals surface area contributed by atoms with Gasteiger partial charge in [0.15, 0.2) is 0 Å². The van der Waals surface area contributed by atoms with Gasteiger partial charge in [-0.25, -0.2) is 0 Å². The number of nitrogens with one attached hydrogen (secondary N) is 1. The Labute approximate surface area is 119 Å². The molecule has 1 N–H and O–H groups in total. The summed E-state index contributed by atoms with van der Waals surface area (Å²) in [5.74, 6) is 2.41. The first kappa shape index (κ1) is 12.9. The highest BCUT2D eigenvalue weighted by molar-refractivity contribution is 5.47. The van der Waals surface area contributed by atoms with Gasteiger partial charge < -0.3 is 14.8 Å². The molecule has 0 bridgehead atoms. The average Bonchev–Trinajstić information content (AvgIpc) is 2.53. The molecule has 2 aromatic carbocycles. The van der Waals surface area contributed by atoms with Gasteiger partial charge in [0.05, 0.1) is 13.7 Å². The van der Waals surface area contributed by atoms with Crippen molar-refractivity contribution in [1.29, 1.82) is 0 Å². The average molecular weight is 269 g/mol. The number of rotatable bonds is 4. The van der Waals surface area contributed by atoms with E-state index in [-0.39, 0.29) is 0 Å². The summed E-state index contributed by atoms with van der Waals surface area (Å²) in [5, 5.41) is 3.50. The second-order valence-corrected chi connectivity index (χ2v) is 4.98. The van der Waals surface area contributed by atoms with Crippen LogP contribution in [-0.2, 0) is 0 Å². The van der Waals surface area contributed by atoms with Crippen LogP contribution in [0, 0.1) is 0 Å². The lowest BCUT2D eigenvalue weighted by molar-refractivity contribution is 0.270. The Balaban J connectivity index is 1.66. The molecule has 1 unspecified atom stereocenters. The summed E-state index contributed by atoms with van der Waals surface area (Å²) in [6.07, 6.45) is 1.06. The zero-order valence-electron chi connectivity index (χ0n) is 11.6. The Morgan fingerprint density at radius 2 is 1.95 bits per heavy atom. The summed E-state index contributed by atoms with van der Waals surface area (Å²) in [6, 6.07) is 16.4. The van der Waals surface area contributed by atoms with E-state index in [1.807, 2.05) is 30.3 Å². The van der Waals surface area contributed by atoms with Crippen molar-refractivity contribution in [3.63, 3.8) is 0 Å². The molecule has 3 heteroatoms. The highest BCUT2D eigenvalue weighted by Gasteiger charge is 2.20. The highest BCUT2D eigenvalue weighted by atomic mass is 16.5. The molecule has 2 aromatic rings. The van der Waals surface area contributed by atoms with Crippen LogP contribution in [0.15, 0.2) is 48.5 Å². The van der Waals surface area contributed by atoms with Crippen molar-refractivity contribution in [3.05, 3.63) is 54.1 Å². The third-order valence-electron chi connectivity index (χ3n) is 3.73. The van der Waals surface area contributed by atoms with Crippen LogP contribution in [0.3, 0.4) is 0 Å². The van der Waals surface area contributed by atoms with Crippen LogP contribution < -0.4 is 14.8 Å². The molecule has 1 aliphatic rings. The molecule has 3 nitrogen and oxygen atoms in total. The quantitative estimate of drug-likeness (QED) is 0.918. The standard InChI is InChI=1S/C17H19NO2/c1-19-15-8-6-14(7-9-15)18-12-13-10-11-20-17-5-3-2-4-16(13)17/h2-9,13,18H,10-12H2,1H3. The first-order chi connectivity index (χ1) is 9.86. The van der Waals surface area contributed by atoms with Crippen molar-refractivity contribution in [2.45, 2.75) is 12.3 Å². The Hall–Kier alpha value is -2.16. The molecule has 0 spiro atoms. The molecule has 0 saturated heterocycles. The maximum Gasteiger partial charge on any atom is 0.122 e. The normalized spacial score (nSPS) is 16.9. The number of hydrogen-bond donors (Lipinski definition) is 1. The Morgan fingerprint density at radius 3 is 2.75 bits per heavy atom. The lowest BCUT2D eigenvalue weighted by Gasteiger charge is -2.26. The van der Waals surface area contributed by atoms with E-state index in [1.54, 1.807) is 7.11 Å². The molecule has 104 valence electrons. The van der Waals surface area contributed by atoms with Crippen LogP contribution in [0.1, 0.15) is 17.9 Å². The minimum Gasteiger partial charge on any atom is -0.497 e. The van der Waals surface area contributed by atoms with Gasteiger partial charge >= 0.3 is 0 Å². The van der Waals surface area contributed by atoms with Crippen molar-refractivity contribution in [1.82, 2.24) is 0 Å². The molecule has 0 radical (unpaired) electrons. The van der Waals surface area contributed by atoms with E-state index >= 15 is 0 Å². The monoisotopic (exact) mass is 269 g/mol. The molecular formula is C17H19NO2. The first-order valence-electron chi connectivity index (χ1n) is 6.96. The van der Waals surface area contributed by atoms with E-state index in [1.165, 1.54) is 5.56 Å². The second kappa shape index (κ2) is 5.87. The van der Waals surface area contributed by atoms with Gasteiger partial charge in [-0.1, -0.05) is 18.2 Å². The molecule has 1 aliphatic heterocycles. The Bertz CT molecular complexity index is 565. The minimum atomic E-state index is 0.502. The van der Waals surface area contributed by atoms with Crippen LogP contribution in [0.25, 0.3) is 0 Å². The van der Waals surface area contributed by atoms with Gasteiger partial charge in [0, 0.05) is 18.2 Å². The van der Waals surface area contributed by atoms with Crippen molar-refractivity contribution in [2.24, 2.45) is 0 Å². The molecular weight excluding hydrogens is 250 g/mol. The van der Waals surface area contributed by atoms with Crippen LogP contribution in [0.5, 0.6) is 11.5 Å². The van der Waals surface area contributed by atoms with Crippen molar-refractivity contribution >= 4 is 5.69 Å². The summed E-state index contributed by atoms with van der Waals surface area (Å²) < 4.78 is 10.9. The largest absolute Gasteiger partial charge is 0.497 e. The molecule has 1 atom stereocenters. The molecule has 0 saturated carbocycles. The van der Waals surface area contributed by atoms with Crippen molar-refractivity contribution < 1.29 is 9.47 Å². The summed E-state index contributed by atoms with van der Waals surface area (Å²) in [4.78, 5) is 0. The van der Waals surface area contributed by atoms with E-state index < -0.39 is 0 Å². The molecule has 0 aromatic heterocycles. The lowest BCUT2D eigenvalue weighted by Crippen LogP contribution is -2.20. The Morgan fingerprint density at radius 1 is 1.15 bits per heavy atom. The summed E-state index contributed by atoms with van der Waals surface area (Å²) in [6.45, 7) is 1.72. The fraction of sp³-hybridized carbons (Fsp3) is 0.294. The highest BCUT2D eigenvalue weighted by Crippen LogP contribution is 2.33. The maximum atomic E-state index is 5.69. The molecule has 0 aliphatic carbocycles. The number of methoxy groups -OCH3 is 1. The van der Waals surface area contributed by atoms with Gasteiger partial charge in [-0.2, -0.15) is 0 Å². The van der Waals surface area contributed by atoms with E-state index in [4.69, 9.17) is 9.47 Å². The number of para-hydroxylation sites is 1. The van der Waals surface area contributed by atoms with Gasteiger partial charge in [0.25, 0.3) is 0 Å². The second-order valence-electron chi connectivity index (χ2n) is 4.98. The van der Waals surface area contributed by atoms with Gasteiger partial charge in [0.1, 0.15) is 11.5 Å². The molecule has 20 heavy (non-hydrogen) atoms. The van der Waals surface area contributed by atoms with Gasteiger partial charge in [-0.15, -0.1) is 0 Å². The van der Waals surface area contributed by atoms with Gasteiger partial charge in [-0.05, 0) is 42.3 Å². The third-order valence-corrected chi connectivity index (χ3v) is 3.73. The summed E-state index contributed by atoms with van der Waals surface area (Å²) in [5.41, 5.74) is 2.43. The number of benzene rings is 2. The topological polar surface area (TPSA) is 30.5 Å². The van der Waals surface area contributed by atoms with Crippen molar-refractivity contribution in [2.75, 3.05) is 25.6 Å². The van der Waals surface area contributed by atoms with E-state index in [0.717, 1.165) is 36.8 Å². The summed E-state index contributed by atoms with van der Waals surface area (Å²) >= 11 is 0. The number of hydrogen-bond acceptors (Lipinski definition) is 3. The molecule has 0 amide bonds.